The molecule has 0 unspecified atom stereocenters. The van der Waals surface area contributed by atoms with Gasteiger partial charge < -0.3 is 29.2 Å². The van der Waals surface area contributed by atoms with Gasteiger partial charge in [-0.1, -0.05) is 23.1 Å². The summed E-state index contributed by atoms with van der Waals surface area (Å²) in [5, 5.41) is 31.9. The Labute approximate surface area is 340 Å². The van der Waals surface area contributed by atoms with Crippen molar-refractivity contribution in [3.63, 3.8) is 0 Å². The van der Waals surface area contributed by atoms with E-state index in [2.05, 4.69) is 25.5 Å². The number of halogens is 3. The third-order valence-corrected chi connectivity index (χ3v) is 8.02. The Morgan fingerprint density at radius 1 is 0.783 bits per heavy atom. The molecule has 4 aromatic rings. The molecule has 26 heteroatoms. The monoisotopic (exact) mass is 794 g/mol. The molecule has 1 N–H and O–H groups in total. The zero-order valence-corrected chi connectivity index (χ0v) is 33.1. The van der Waals surface area contributed by atoms with E-state index >= 15 is 0 Å². The van der Waals surface area contributed by atoms with E-state index in [1.54, 1.807) is 0 Å². The van der Waals surface area contributed by atoms with Gasteiger partial charge in [-0.3, -0.25) is 0 Å². The largest absolute Gasteiger partial charge is 2.00 e. The number of rotatable bonds is 7. The molecule has 0 spiro atoms. The predicted octanol–water partition coefficient (Wildman–Crippen LogP) is -7.41. The van der Waals surface area contributed by atoms with E-state index in [1.165, 1.54) is 0 Å². The first kappa shape index (κ1) is 45.4. The van der Waals surface area contributed by atoms with Gasteiger partial charge in [-0.15, -0.1) is 5.11 Å². The topological polar surface area (TPSA) is 280 Å². The Kier molecular flexibility index (Phi) is 16.7. The van der Waals surface area contributed by atoms with Crippen molar-refractivity contribution in [1.29, 1.82) is 0 Å². The van der Waals surface area contributed by atoms with Crippen LogP contribution >= 0.6 is 11.6 Å². The van der Waals surface area contributed by atoms with Crippen LogP contribution in [0.4, 0.5) is 31.7 Å². The summed E-state index contributed by atoms with van der Waals surface area (Å²) in [6.45, 7) is 0. The van der Waals surface area contributed by atoms with Crippen LogP contribution in [0.15, 0.2) is 61.3 Å². The number of azo groups is 1. The average molecular weight is 795 g/mol. The minimum Gasteiger partial charge on any atom is -0.871 e. The van der Waals surface area contributed by atoms with E-state index in [0.29, 0.717) is 12.1 Å². The van der Waals surface area contributed by atoms with Crippen molar-refractivity contribution in [3.05, 3.63) is 53.4 Å². The van der Waals surface area contributed by atoms with Crippen molar-refractivity contribution >= 4 is 75.6 Å². The van der Waals surface area contributed by atoms with Gasteiger partial charge in [-0.05, 0) is 47.2 Å². The van der Waals surface area contributed by atoms with Gasteiger partial charge in [0.1, 0.15) is 35.4 Å². The first-order chi connectivity index (χ1) is 19.3. The minimum atomic E-state index is -5.69. The van der Waals surface area contributed by atoms with Crippen LogP contribution in [-0.4, -0.2) is 48.9 Å². The number of nitrogens with one attached hydrogen (secondary N) is 1. The number of anilines is 2. The Morgan fingerprint density at radius 2 is 1.37 bits per heavy atom. The summed E-state index contributed by atoms with van der Waals surface area (Å²) in [7, 11) is -16.8. The molecule has 0 aliphatic carbocycles. The first-order valence-electron chi connectivity index (χ1n) is 10.3. The van der Waals surface area contributed by atoms with E-state index in [1.807, 2.05) is 0 Å². The van der Waals surface area contributed by atoms with Crippen molar-refractivity contribution in [1.82, 2.24) is 9.97 Å². The summed E-state index contributed by atoms with van der Waals surface area (Å²) < 4.78 is 132. The smallest absolute Gasteiger partial charge is 0.871 e. The second-order valence-corrected chi connectivity index (χ2v) is 12.3. The molecule has 4 rings (SSSR count). The zero-order chi connectivity index (χ0) is 31.4. The van der Waals surface area contributed by atoms with Crippen molar-refractivity contribution in [2.45, 2.75) is 14.7 Å². The number of hydrogen-bond donors (Lipinski definition) is 1. The quantitative estimate of drug-likeness (QED) is 0.0598. The van der Waals surface area contributed by atoms with Gasteiger partial charge in [0.05, 0.1) is 26.1 Å². The fourth-order valence-electron chi connectivity index (χ4n) is 3.43. The number of nitrogens with zero attached hydrogens (tertiary/aromatic N) is 4. The number of hydrogen-bond acceptors (Lipinski definition) is 16. The van der Waals surface area contributed by atoms with Crippen LogP contribution in [0.2, 0.25) is 5.02 Å². The molecule has 0 bridgehead atoms. The van der Waals surface area contributed by atoms with Gasteiger partial charge in [0, 0.05) is 5.69 Å². The second-order valence-electron chi connectivity index (χ2n) is 7.89. The van der Waals surface area contributed by atoms with Crippen LogP contribution in [0.1, 0.15) is 0 Å². The van der Waals surface area contributed by atoms with Gasteiger partial charge in [0.2, 0.25) is 5.95 Å². The molecule has 1 heterocycles. The Hall–Kier alpha value is -0.601. The summed E-state index contributed by atoms with van der Waals surface area (Å²) in [6, 6.07) is 3.49. The molecule has 3 aromatic carbocycles. The van der Waals surface area contributed by atoms with E-state index in [9.17, 15) is 57.9 Å². The number of aromatic nitrogens is 2. The summed E-state index contributed by atoms with van der Waals surface area (Å²) in [6.07, 6.45) is -1.49. The van der Waals surface area contributed by atoms with Gasteiger partial charge in [0.25, 0.3) is 0 Å². The SMILES string of the molecule is O=S(=O)([O-])c1cc(S(=O)(=O)[O-])c2c([O-])c(N=Nc3ccc(Nc4nc(F)nc(F)c4Cl)cc3[O-])c(S(=O)(=O)[O-])cc2c1.[Cu+2].[Na+].[Na+].[Na+]. The maximum atomic E-state index is 13.5. The summed E-state index contributed by atoms with van der Waals surface area (Å²) in [5.41, 5.74) is -2.13. The maximum absolute atomic E-state index is 13.5. The predicted molar refractivity (Wildman–Crippen MR) is 128 cm³/mol. The van der Waals surface area contributed by atoms with Crippen LogP contribution in [0, 0.1) is 12.0 Å². The van der Waals surface area contributed by atoms with E-state index in [4.69, 9.17) is 11.6 Å². The molecule has 1 radical (unpaired) electrons. The molecule has 1 aromatic heterocycles. The molecule has 46 heavy (non-hydrogen) atoms. The van der Waals surface area contributed by atoms with Gasteiger partial charge in [-0.25, -0.2) is 25.3 Å². The van der Waals surface area contributed by atoms with Gasteiger partial charge in [0.15, 0.2) is 5.82 Å². The van der Waals surface area contributed by atoms with Gasteiger partial charge in [-0.2, -0.15) is 23.9 Å². The van der Waals surface area contributed by atoms with E-state index in [-0.39, 0.29) is 117 Å². The van der Waals surface area contributed by atoms with Crippen LogP contribution in [-0.2, 0) is 47.4 Å². The average Bonchev–Trinajstić information content (AvgIpc) is 2.85. The standard InChI is InChI=1S/C20H12ClF2N5O11S3.Cu.3Na/c21-15-18(22)25-20(23)26-19(15)24-8-1-2-10(11(29)5-8)27-28-16-13(42(37,38)39)4-7-3-9(40(31,32)33)6-12(41(34,35)36)14(7)17(16)30;;;;/h1-6,29-30H,(H,24,25,26)(H,31,32,33)(H,34,35,36)(H,37,38,39);;;;/q;+2;3*+1/p-5. The van der Waals surface area contributed by atoms with Crippen molar-refractivity contribution in [2.24, 2.45) is 10.2 Å². The third kappa shape index (κ3) is 10.2. The first-order valence-corrected chi connectivity index (χ1v) is 15.0. The Bertz CT molecular complexity index is 2190. The minimum absolute atomic E-state index is 0. The second kappa shape index (κ2) is 16.9. The zero-order valence-electron chi connectivity index (χ0n) is 22.9. The van der Waals surface area contributed by atoms with E-state index < -0.39 is 102 Å². The molecule has 0 aliphatic heterocycles. The van der Waals surface area contributed by atoms with Gasteiger partial charge >= 0.3 is 112 Å². The van der Waals surface area contributed by atoms with Crippen LogP contribution < -0.4 is 104 Å². The third-order valence-electron chi connectivity index (χ3n) is 5.16. The summed E-state index contributed by atoms with van der Waals surface area (Å²) in [4.78, 5) is 1.65. The normalized spacial score (nSPS) is 11.6. The fourth-order valence-corrected chi connectivity index (χ4v) is 5.54. The summed E-state index contributed by atoms with van der Waals surface area (Å²) in [5.74, 6) is -4.69. The number of fused-ring (bicyclic) bond motifs is 1. The molecule has 231 valence electrons. The van der Waals surface area contributed by atoms with E-state index in [0.717, 1.165) is 18.2 Å². The molecular formula is C20H7ClCuF2N5Na3O11S3. The van der Waals surface area contributed by atoms with Crippen LogP contribution in [0.3, 0.4) is 0 Å². The molecule has 0 aliphatic rings. The molecule has 16 nitrogen and oxygen atoms in total. The van der Waals surface area contributed by atoms with Crippen molar-refractivity contribution < 1.29 is 164 Å². The molecule has 0 saturated carbocycles. The Morgan fingerprint density at radius 3 is 1.89 bits per heavy atom. The maximum Gasteiger partial charge on any atom is 2.00 e. The van der Waals surface area contributed by atoms with Crippen molar-refractivity contribution in [2.75, 3.05) is 5.32 Å². The van der Waals surface area contributed by atoms with Crippen LogP contribution in [0.25, 0.3) is 10.8 Å². The molecule has 0 fully saturated rings. The van der Waals surface area contributed by atoms with Crippen LogP contribution in [0.5, 0.6) is 11.5 Å². The number of benzene rings is 3. The fraction of sp³-hybridized carbons (Fsp3) is 0. The molecular weight excluding hydrogens is 788 g/mol. The Balaban J connectivity index is 0.00000506. The molecule has 0 saturated heterocycles. The molecule has 0 amide bonds. The summed E-state index contributed by atoms with van der Waals surface area (Å²) >= 11 is 5.63. The van der Waals surface area contributed by atoms with Crippen molar-refractivity contribution in [3.8, 4) is 11.5 Å². The molecule has 0 atom stereocenters.